The number of carboxylic acid groups (broad SMARTS) is 1. The normalized spacial score (nSPS) is 21.0. The number of hydrogen-bond acceptors (Lipinski definition) is 5. The fraction of sp³-hybridized carbons (Fsp3) is 0.417. The Morgan fingerprint density at radius 3 is 2.74 bits per heavy atom. The average Bonchev–Trinajstić information content (AvgIpc) is 2.68. The molecule has 0 amide bonds. The number of benzene rings is 1. The number of aromatic carboxylic acids is 1. The third-order valence-electron chi connectivity index (χ3n) is 3.04. The summed E-state index contributed by atoms with van der Waals surface area (Å²) in [5, 5.41) is 12.0. The van der Waals surface area contributed by atoms with Crippen LogP contribution in [-0.4, -0.2) is 44.2 Å². The smallest absolute Gasteiger partial charge is 0.335 e. The second kappa shape index (κ2) is 5.08. The van der Waals surface area contributed by atoms with Gasteiger partial charge in [-0.1, -0.05) is 0 Å². The molecule has 0 spiro atoms. The number of ether oxygens (including phenoxy) is 1. The lowest BCUT2D eigenvalue weighted by Crippen LogP contribution is -2.21. The Morgan fingerprint density at radius 1 is 1.47 bits per heavy atom. The first kappa shape index (κ1) is 13.7. The maximum atomic E-state index is 11.4. The molecule has 1 heterocycles. The molecular weight excluding hydrogens is 270 g/mol. The van der Waals surface area contributed by atoms with Crippen LogP contribution >= 0.6 is 0 Å². The molecule has 19 heavy (non-hydrogen) atoms. The summed E-state index contributed by atoms with van der Waals surface area (Å²) in [6, 6.07) is 4.24. The molecule has 0 aliphatic carbocycles. The Hall–Kier alpha value is -1.76. The third kappa shape index (κ3) is 3.17. The predicted molar refractivity (Wildman–Crippen MR) is 70.6 cm³/mol. The first-order valence-corrected chi connectivity index (χ1v) is 7.62. The van der Waals surface area contributed by atoms with Crippen LogP contribution in [0.25, 0.3) is 0 Å². The first-order chi connectivity index (χ1) is 8.91. The molecule has 1 aromatic rings. The summed E-state index contributed by atoms with van der Waals surface area (Å²) < 4.78 is 27.9. The molecular formula is C12H15NO5S. The Morgan fingerprint density at radius 2 is 2.21 bits per heavy atom. The van der Waals surface area contributed by atoms with Gasteiger partial charge in [0.05, 0.1) is 29.9 Å². The predicted octanol–water partition coefficient (Wildman–Crippen LogP) is 0.992. The number of nitrogens with one attached hydrogen (secondary N) is 1. The molecule has 0 bridgehead atoms. The Labute approximate surface area is 111 Å². The van der Waals surface area contributed by atoms with Crippen LogP contribution in [0.5, 0.6) is 5.75 Å². The largest absolute Gasteiger partial charge is 0.495 e. The lowest BCUT2D eigenvalue weighted by Gasteiger charge is -2.16. The maximum Gasteiger partial charge on any atom is 0.335 e. The molecule has 104 valence electrons. The number of carbonyl (C=O) groups is 1. The molecule has 1 unspecified atom stereocenters. The highest BCUT2D eigenvalue weighted by molar-refractivity contribution is 7.91. The monoisotopic (exact) mass is 285 g/mol. The molecule has 2 N–H and O–H groups in total. The quantitative estimate of drug-likeness (QED) is 0.857. The Balaban J connectivity index is 2.23. The summed E-state index contributed by atoms with van der Waals surface area (Å²) in [4.78, 5) is 10.9. The number of rotatable bonds is 4. The van der Waals surface area contributed by atoms with Crippen LogP contribution < -0.4 is 10.1 Å². The van der Waals surface area contributed by atoms with Gasteiger partial charge in [-0.25, -0.2) is 13.2 Å². The molecule has 1 fully saturated rings. The molecule has 1 atom stereocenters. The average molecular weight is 285 g/mol. The number of hydrogen-bond donors (Lipinski definition) is 2. The van der Waals surface area contributed by atoms with Gasteiger partial charge in [-0.2, -0.15) is 0 Å². The van der Waals surface area contributed by atoms with E-state index < -0.39 is 15.8 Å². The van der Waals surface area contributed by atoms with Crippen molar-refractivity contribution in [3.63, 3.8) is 0 Å². The van der Waals surface area contributed by atoms with Crippen LogP contribution in [0.15, 0.2) is 18.2 Å². The highest BCUT2D eigenvalue weighted by atomic mass is 32.2. The summed E-state index contributed by atoms with van der Waals surface area (Å²) in [6.07, 6.45) is 0.517. The molecule has 1 aromatic carbocycles. The Bertz CT molecular complexity index is 596. The Kier molecular flexibility index (Phi) is 3.66. The van der Waals surface area contributed by atoms with Crippen molar-refractivity contribution in [1.82, 2.24) is 0 Å². The number of methoxy groups -OCH3 is 1. The van der Waals surface area contributed by atoms with Crippen molar-refractivity contribution in [2.45, 2.75) is 12.5 Å². The van der Waals surface area contributed by atoms with Crippen molar-refractivity contribution in [2.75, 3.05) is 23.9 Å². The summed E-state index contributed by atoms with van der Waals surface area (Å²) in [6.45, 7) is 0. The van der Waals surface area contributed by atoms with Crippen LogP contribution in [0.4, 0.5) is 5.69 Å². The summed E-state index contributed by atoms with van der Waals surface area (Å²) in [5.74, 6) is -0.321. The van der Waals surface area contributed by atoms with Crippen LogP contribution in [0, 0.1) is 0 Å². The highest BCUT2D eigenvalue weighted by Crippen LogP contribution is 2.28. The van der Waals surface area contributed by atoms with E-state index in [1.165, 1.54) is 19.2 Å². The van der Waals surface area contributed by atoms with Gasteiger partial charge in [0.1, 0.15) is 5.75 Å². The van der Waals surface area contributed by atoms with Gasteiger partial charge >= 0.3 is 5.97 Å². The maximum absolute atomic E-state index is 11.4. The van der Waals surface area contributed by atoms with Gasteiger partial charge in [0.25, 0.3) is 0 Å². The topological polar surface area (TPSA) is 92.7 Å². The lowest BCUT2D eigenvalue weighted by atomic mass is 10.1. The van der Waals surface area contributed by atoms with Gasteiger partial charge in [-0.3, -0.25) is 0 Å². The summed E-state index contributed by atoms with van der Waals surface area (Å²) >= 11 is 0. The van der Waals surface area contributed by atoms with E-state index in [-0.39, 0.29) is 23.1 Å². The second-order valence-corrected chi connectivity index (χ2v) is 6.69. The fourth-order valence-electron chi connectivity index (χ4n) is 2.08. The molecule has 0 radical (unpaired) electrons. The summed E-state index contributed by atoms with van der Waals surface area (Å²) in [7, 11) is -1.50. The van der Waals surface area contributed by atoms with Gasteiger partial charge in [0.15, 0.2) is 9.84 Å². The lowest BCUT2D eigenvalue weighted by molar-refractivity contribution is 0.0697. The fourth-order valence-corrected chi connectivity index (χ4v) is 3.76. The van der Waals surface area contributed by atoms with Crippen molar-refractivity contribution in [3.05, 3.63) is 23.8 Å². The molecule has 1 aliphatic heterocycles. The van der Waals surface area contributed by atoms with Crippen LogP contribution in [-0.2, 0) is 9.84 Å². The zero-order valence-electron chi connectivity index (χ0n) is 10.4. The molecule has 7 heteroatoms. The minimum atomic E-state index is -2.98. The van der Waals surface area contributed by atoms with Crippen molar-refractivity contribution in [1.29, 1.82) is 0 Å². The summed E-state index contributed by atoms with van der Waals surface area (Å²) in [5.41, 5.74) is 0.633. The van der Waals surface area contributed by atoms with E-state index in [0.717, 1.165) is 0 Å². The SMILES string of the molecule is COc1ccc(C(=O)O)cc1NC1CCS(=O)(=O)C1. The van der Waals surface area contributed by atoms with Crippen molar-refractivity contribution < 1.29 is 23.1 Å². The van der Waals surface area contributed by atoms with E-state index in [0.29, 0.717) is 17.9 Å². The second-order valence-electron chi connectivity index (χ2n) is 4.46. The molecule has 1 saturated heterocycles. The zero-order chi connectivity index (χ0) is 14.0. The minimum absolute atomic E-state index is 0.0629. The van der Waals surface area contributed by atoms with Crippen molar-refractivity contribution in [2.24, 2.45) is 0 Å². The van der Waals surface area contributed by atoms with E-state index in [4.69, 9.17) is 9.84 Å². The van der Waals surface area contributed by atoms with Crippen molar-refractivity contribution in [3.8, 4) is 5.75 Å². The van der Waals surface area contributed by atoms with Gasteiger partial charge in [-0.05, 0) is 24.6 Å². The van der Waals surface area contributed by atoms with Gasteiger partial charge in [0.2, 0.25) is 0 Å². The number of carboxylic acids is 1. The third-order valence-corrected chi connectivity index (χ3v) is 4.81. The number of sulfone groups is 1. The van der Waals surface area contributed by atoms with Gasteiger partial charge in [-0.15, -0.1) is 0 Å². The van der Waals surface area contributed by atoms with Crippen LogP contribution in [0.3, 0.4) is 0 Å². The van der Waals surface area contributed by atoms with Crippen LogP contribution in [0.1, 0.15) is 16.8 Å². The molecule has 0 aromatic heterocycles. The van der Waals surface area contributed by atoms with Crippen molar-refractivity contribution >= 4 is 21.5 Å². The van der Waals surface area contributed by atoms with E-state index >= 15 is 0 Å². The zero-order valence-corrected chi connectivity index (χ0v) is 11.2. The molecule has 0 saturated carbocycles. The van der Waals surface area contributed by atoms with Crippen LogP contribution in [0.2, 0.25) is 0 Å². The van der Waals surface area contributed by atoms with Gasteiger partial charge in [0, 0.05) is 6.04 Å². The molecule has 2 rings (SSSR count). The molecule has 1 aliphatic rings. The van der Waals surface area contributed by atoms with E-state index in [1.54, 1.807) is 6.07 Å². The van der Waals surface area contributed by atoms with E-state index in [9.17, 15) is 13.2 Å². The van der Waals surface area contributed by atoms with E-state index in [2.05, 4.69) is 5.32 Å². The van der Waals surface area contributed by atoms with Gasteiger partial charge < -0.3 is 15.2 Å². The minimum Gasteiger partial charge on any atom is -0.495 e. The number of anilines is 1. The standard InChI is InChI=1S/C12H15NO5S/c1-18-11-3-2-8(12(14)15)6-10(11)13-9-4-5-19(16,17)7-9/h2-3,6,9,13H,4-5,7H2,1H3,(H,14,15). The van der Waals surface area contributed by atoms with E-state index in [1.807, 2.05) is 0 Å². The first-order valence-electron chi connectivity index (χ1n) is 5.79. The molecule has 6 nitrogen and oxygen atoms in total. The highest BCUT2D eigenvalue weighted by Gasteiger charge is 2.28.